The molecule has 0 aliphatic heterocycles. The maximum atomic E-state index is 5.96. The maximum Gasteiger partial charge on any atom is 0.191 e. The molecule has 1 aromatic rings. The first-order chi connectivity index (χ1) is 13.0. The summed E-state index contributed by atoms with van der Waals surface area (Å²) in [7, 11) is 1.98. The van der Waals surface area contributed by atoms with Crippen molar-refractivity contribution in [2.24, 2.45) is 12.0 Å². The predicted octanol–water partition coefficient (Wildman–Crippen LogP) is 2.65. The number of rotatable bonds is 9. The van der Waals surface area contributed by atoms with E-state index in [0.29, 0.717) is 24.8 Å². The van der Waals surface area contributed by atoms with Crippen LogP contribution in [-0.2, 0) is 18.3 Å². The zero-order valence-electron chi connectivity index (χ0n) is 17.5. The number of hydrogen-bond acceptors (Lipinski definition) is 5. The van der Waals surface area contributed by atoms with Gasteiger partial charge in [0.25, 0.3) is 0 Å². The zero-order valence-corrected chi connectivity index (χ0v) is 18.3. The number of aryl methyl sites for hydroxylation is 1. The van der Waals surface area contributed by atoms with Crippen LogP contribution in [0, 0.1) is 6.92 Å². The summed E-state index contributed by atoms with van der Waals surface area (Å²) in [6.07, 6.45) is 8.43. The van der Waals surface area contributed by atoms with Crippen LogP contribution in [0.5, 0.6) is 0 Å². The Labute approximate surface area is 168 Å². The van der Waals surface area contributed by atoms with E-state index in [0.717, 1.165) is 62.0 Å². The van der Waals surface area contributed by atoms with Gasteiger partial charge < -0.3 is 19.9 Å². The number of aromatic nitrogens is 3. The van der Waals surface area contributed by atoms with Gasteiger partial charge in [-0.2, -0.15) is 11.8 Å². The minimum absolute atomic E-state index is 0.310. The van der Waals surface area contributed by atoms with E-state index in [1.54, 1.807) is 0 Å². The molecule has 1 aromatic heterocycles. The summed E-state index contributed by atoms with van der Waals surface area (Å²) in [4.78, 5) is 4.76. The smallest absolute Gasteiger partial charge is 0.191 e. The van der Waals surface area contributed by atoms with Gasteiger partial charge in [0, 0.05) is 19.6 Å². The van der Waals surface area contributed by atoms with Crippen LogP contribution < -0.4 is 10.6 Å². The van der Waals surface area contributed by atoms with Crippen LogP contribution in [0.2, 0.25) is 0 Å². The highest BCUT2D eigenvalue weighted by molar-refractivity contribution is 7.98. The molecule has 1 heterocycles. The summed E-state index contributed by atoms with van der Waals surface area (Å²) in [6.45, 7) is 7.64. The van der Waals surface area contributed by atoms with Crippen molar-refractivity contribution in [3.63, 3.8) is 0 Å². The summed E-state index contributed by atoms with van der Waals surface area (Å²) in [5.41, 5.74) is 0. The van der Waals surface area contributed by atoms with Crippen LogP contribution in [0.4, 0.5) is 0 Å². The summed E-state index contributed by atoms with van der Waals surface area (Å²) in [5, 5.41) is 15.4. The molecular formula is C19H36N6OS. The molecule has 7 nitrogen and oxygen atoms in total. The lowest BCUT2D eigenvalue weighted by Gasteiger charge is -2.31. The first-order valence-electron chi connectivity index (χ1n) is 10.0. The molecule has 1 aliphatic carbocycles. The number of hydrogen-bond donors (Lipinski definition) is 2. The second-order valence-electron chi connectivity index (χ2n) is 7.46. The van der Waals surface area contributed by atoms with Gasteiger partial charge in [-0.05, 0) is 64.9 Å². The zero-order chi connectivity index (χ0) is 19.6. The third-order valence-electron chi connectivity index (χ3n) is 4.86. The Kier molecular flexibility index (Phi) is 9.41. The molecule has 0 unspecified atom stereocenters. The van der Waals surface area contributed by atoms with Crippen molar-refractivity contribution >= 4 is 17.7 Å². The lowest BCUT2D eigenvalue weighted by atomic mass is 9.93. The average molecular weight is 397 g/mol. The number of ether oxygens (including phenoxy) is 1. The Bertz CT molecular complexity index is 581. The minimum atomic E-state index is 0.310. The molecule has 0 spiro atoms. The number of aliphatic imine (C=N–C) groups is 1. The van der Waals surface area contributed by atoms with Gasteiger partial charge in [-0.1, -0.05) is 0 Å². The fraction of sp³-hybridized carbons (Fsp3) is 0.842. The summed E-state index contributed by atoms with van der Waals surface area (Å²) in [6, 6.07) is 0.449. The van der Waals surface area contributed by atoms with Crippen molar-refractivity contribution in [2.75, 3.05) is 18.6 Å². The Morgan fingerprint density at radius 2 is 2.04 bits per heavy atom. The molecule has 0 bridgehead atoms. The molecule has 1 saturated carbocycles. The molecule has 0 aromatic carbocycles. The molecule has 8 heteroatoms. The quantitative estimate of drug-likeness (QED) is 0.380. The fourth-order valence-electron chi connectivity index (χ4n) is 3.24. The predicted molar refractivity (Wildman–Crippen MR) is 113 cm³/mol. The third kappa shape index (κ3) is 7.70. The van der Waals surface area contributed by atoms with Crippen molar-refractivity contribution in [1.82, 2.24) is 25.4 Å². The fourth-order valence-corrected chi connectivity index (χ4v) is 3.67. The average Bonchev–Trinajstić information content (AvgIpc) is 2.96. The maximum absolute atomic E-state index is 5.96. The van der Waals surface area contributed by atoms with E-state index in [4.69, 9.17) is 9.73 Å². The first kappa shape index (κ1) is 22.0. The first-order valence-corrected chi connectivity index (χ1v) is 11.4. The van der Waals surface area contributed by atoms with Gasteiger partial charge in [-0.25, -0.2) is 4.99 Å². The van der Waals surface area contributed by atoms with Crippen molar-refractivity contribution in [1.29, 1.82) is 0 Å². The molecule has 0 saturated heterocycles. The summed E-state index contributed by atoms with van der Waals surface area (Å²) in [5.74, 6) is 3.82. The lowest BCUT2D eigenvalue weighted by Crippen LogP contribution is -2.46. The molecule has 1 aliphatic rings. The SMILES string of the molecule is CSCCCNC(=NCc1nnc(C)n1C)NC1CCC(OC(C)C)CC1. The summed E-state index contributed by atoms with van der Waals surface area (Å²) < 4.78 is 7.95. The van der Waals surface area contributed by atoms with Crippen molar-refractivity contribution in [3.05, 3.63) is 11.6 Å². The molecular weight excluding hydrogens is 360 g/mol. The van der Waals surface area contributed by atoms with Crippen LogP contribution in [0.1, 0.15) is 57.6 Å². The van der Waals surface area contributed by atoms with E-state index >= 15 is 0 Å². The van der Waals surface area contributed by atoms with Crippen LogP contribution in [-0.4, -0.2) is 57.5 Å². The van der Waals surface area contributed by atoms with Crippen LogP contribution in [0.3, 0.4) is 0 Å². The van der Waals surface area contributed by atoms with Crippen molar-refractivity contribution in [2.45, 2.75) is 77.7 Å². The van der Waals surface area contributed by atoms with E-state index < -0.39 is 0 Å². The Morgan fingerprint density at radius 1 is 1.30 bits per heavy atom. The van der Waals surface area contributed by atoms with Crippen LogP contribution in [0.25, 0.3) is 0 Å². The normalized spacial score (nSPS) is 20.9. The molecule has 154 valence electrons. The molecule has 1 fully saturated rings. The van der Waals surface area contributed by atoms with E-state index in [-0.39, 0.29) is 0 Å². The Morgan fingerprint density at radius 3 is 2.63 bits per heavy atom. The molecule has 0 atom stereocenters. The molecule has 2 N–H and O–H groups in total. The number of nitrogens with zero attached hydrogens (tertiary/aromatic N) is 4. The highest BCUT2D eigenvalue weighted by Gasteiger charge is 2.23. The van der Waals surface area contributed by atoms with E-state index in [1.807, 2.05) is 30.3 Å². The monoisotopic (exact) mass is 396 g/mol. The van der Waals surface area contributed by atoms with E-state index in [2.05, 4.69) is 40.9 Å². The number of thioether (sulfide) groups is 1. The lowest BCUT2D eigenvalue weighted by molar-refractivity contribution is -0.0152. The van der Waals surface area contributed by atoms with Crippen molar-refractivity contribution < 1.29 is 4.74 Å². The van der Waals surface area contributed by atoms with E-state index in [1.165, 1.54) is 0 Å². The second kappa shape index (κ2) is 11.5. The summed E-state index contributed by atoms with van der Waals surface area (Å²) >= 11 is 1.87. The topological polar surface area (TPSA) is 76.4 Å². The molecule has 0 amide bonds. The van der Waals surface area contributed by atoms with Gasteiger partial charge in [0.2, 0.25) is 0 Å². The molecule has 0 radical (unpaired) electrons. The van der Waals surface area contributed by atoms with Crippen LogP contribution >= 0.6 is 11.8 Å². The van der Waals surface area contributed by atoms with Gasteiger partial charge in [0.05, 0.1) is 12.2 Å². The van der Waals surface area contributed by atoms with E-state index in [9.17, 15) is 0 Å². The largest absolute Gasteiger partial charge is 0.376 e. The minimum Gasteiger partial charge on any atom is -0.376 e. The molecule has 2 rings (SSSR count). The number of nitrogens with one attached hydrogen (secondary N) is 2. The highest BCUT2D eigenvalue weighted by Crippen LogP contribution is 2.22. The van der Waals surface area contributed by atoms with Gasteiger partial charge in [0.1, 0.15) is 12.4 Å². The molecule has 27 heavy (non-hydrogen) atoms. The third-order valence-corrected chi connectivity index (χ3v) is 5.56. The van der Waals surface area contributed by atoms with Crippen molar-refractivity contribution in [3.8, 4) is 0 Å². The van der Waals surface area contributed by atoms with Gasteiger partial charge in [0.15, 0.2) is 11.8 Å². The number of guanidine groups is 1. The second-order valence-corrected chi connectivity index (χ2v) is 8.45. The Hall–Kier alpha value is -1.28. The Balaban J connectivity index is 1.89. The van der Waals surface area contributed by atoms with Gasteiger partial charge in [-0.3, -0.25) is 0 Å². The van der Waals surface area contributed by atoms with Crippen LogP contribution in [0.15, 0.2) is 4.99 Å². The van der Waals surface area contributed by atoms with Gasteiger partial charge >= 0.3 is 0 Å². The standard InChI is InChI=1S/C19H36N6OS/c1-14(2)26-17-9-7-16(8-10-17)22-19(20-11-6-12-27-5)21-13-18-24-23-15(3)25(18)4/h14,16-17H,6-13H2,1-5H3,(H2,20,21,22). The highest BCUT2D eigenvalue weighted by atomic mass is 32.2. The van der Waals surface area contributed by atoms with Gasteiger partial charge in [-0.15, -0.1) is 10.2 Å².